The molecule has 1 aromatic heterocycles. The maximum absolute atomic E-state index is 10.9. The van der Waals surface area contributed by atoms with Crippen molar-refractivity contribution in [1.82, 2.24) is 0 Å². The van der Waals surface area contributed by atoms with Crippen molar-refractivity contribution in [2.45, 2.75) is 6.92 Å². The molecule has 2 rings (SSSR count). The van der Waals surface area contributed by atoms with E-state index in [9.17, 15) is 4.79 Å². The Balaban J connectivity index is 2.89. The maximum atomic E-state index is 10.9. The monoisotopic (exact) mass is 194 g/mol. The fraction of sp³-hybridized carbons (Fsp3) is 0.100. The fourth-order valence-electron chi connectivity index (χ4n) is 1.19. The second-order valence-corrected chi connectivity index (χ2v) is 3.30. The van der Waals surface area contributed by atoms with Crippen molar-refractivity contribution in [1.29, 1.82) is 0 Å². The van der Waals surface area contributed by atoms with Crippen LogP contribution in [0.1, 0.15) is 5.56 Å². The van der Waals surface area contributed by atoms with E-state index >= 15 is 0 Å². The molecule has 13 heavy (non-hydrogen) atoms. The van der Waals surface area contributed by atoms with Crippen LogP contribution in [0.5, 0.6) is 0 Å². The van der Waals surface area contributed by atoms with E-state index in [-0.39, 0.29) is 5.63 Å². The van der Waals surface area contributed by atoms with Crippen molar-refractivity contribution < 1.29 is 4.42 Å². The Morgan fingerprint density at radius 3 is 2.85 bits per heavy atom. The van der Waals surface area contributed by atoms with Crippen LogP contribution < -0.4 is 5.63 Å². The molecule has 3 heteroatoms. The third-order valence-electron chi connectivity index (χ3n) is 1.90. The molecular weight excluding hydrogens is 188 g/mol. The van der Waals surface area contributed by atoms with Crippen molar-refractivity contribution in [3.05, 3.63) is 45.3 Å². The molecule has 2 nitrogen and oxygen atoms in total. The molecule has 0 amide bonds. The number of aryl methyl sites for hydroxylation is 1. The van der Waals surface area contributed by atoms with Gasteiger partial charge in [0, 0.05) is 16.5 Å². The highest BCUT2D eigenvalue weighted by atomic mass is 35.5. The standard InChI is InChI=1S/C10H7ClO2/c1-6-4-9-7(5-8(6)11)2-3-10(12)13-9/h2-5H,1H3. The number of hydrogen-bond acceptors (Lipinski definition) is 2. The van der Waals surface area contributed by atoms with Crippen LogP contribution in [0.2, 0.25) is 5.02 Å². The van der Waals surface area contributed by atoms with E-state index in [0.717, 1.165) is 10.9 Å². The zero-order valence-electron chi connectivity index (χ0n) is 7.00. The molecule has 0 saturated heterocycles. The molecule has 0 saturated carbocycles. The molecule has 0 aliphatic carbocycles. The van der Waals surface area contributed by atoms with Crippen LogP contribution in [0, 0.1) is 6.92 Å². The van der Waals surface area contributed by atoms with E-state index in [0.29, 0.717) is 10.6 Å². The molecule has 0 N–H and O–H groups in total. The molecule has 0 aliphatic heterocycles. The van der Waals surface area contributed by atoms with Gasteiger partial charge in [0.25, 0.3) is 0 Å². The molecule has 0 fully saturated rings. The molecule has 0 spiro atoms. The van der Waals surface area contributed by atoms with Crippen LogP contribution in [0.4, 0.5) is 0 Å². The van der Waals surface area contributed by atoms with Gasteiger partial charge in [0.05, 0.1) is 0 Å². The fourth-order valence-corrected chi connectivity index (χ4v) is 1.36. The van der Waals surface area contributed by atoms with E-state index < -0.39 is 0 Å². The van der Waals surface area contributed by atoms with Gasteiger partial charge in [-0.05, 0) is 30.7 Å². The van der Waals surface area contributed by atoms with Gasteiger partial charge >= 0.3 is 5.63 Å². The summed E-state index contributed by atoms with van der Waals surface area (Å²) in [4.78, 5) is 10.9. The molecular formula is C10H7ClO2. The number of fused-ring (bicyclic) bond motifs is 1. The molecule has 1 aromatic carbocycles. The lowest BCUT2D eigenvalue weighted by Crippen LogP contribution is -1.94. The highest BCUT2D eigenvalue weighted by Gasteiger charge is 2.00. The summed E-state index contributed by atoms with van der Waals surface area (Å²) in [5.41, 5.74) is 1.15. The molecule has 0 bridgehead atoms. The first kappa shape index (κ1) is 8.32. The third kappa shape index (κ3) is 1.45. The van der Waals surface area contributed by atoms with Crippen molar-refractivity contribution >= 4 is 22.6 Å². The molecule has 0 atom stereocenters. The van der Waals surface area contributed by atoms with Gasteiger partial charge in [0.1, 0.15) is 5.58 Å². The second-order valence-electron chi connectivity index (χ2n) is 2.89. The van der Waals surface area contributed by atoms with Gasteiger partial charge in [-0.2, -0.15) is 0 Å². The van der Waals surface area contributed by atoms with E-state index in [1.165, 1.54) is 6.07 Å². The van der Waals surface area contributed by atoms with Crippen molar-refractivity contribution in [2.24, 2.45) is 0 Å². The third-order valence-corrected chi connectivity index (χ3v) is 2.31. The van der Waals surface area contributed by atoms with Crippen molar-refractivity contribution in [3.8, 4) is 0 Å². The summed E-state index contributed by atoms with van der Waals surface area (Å²) in [5, 5.41) is 1.52. The van der Waals surface area contributed by atoms with Gasteiger partial charge in [-0.1, -0.05) is 11.6 Å². The van der Waals surface area contributed by atoms with E-state index in [1.54, 1.807) is 18.2 Å². The topological polar surface area (TPSA) is 30.2 Å². The summed E-state index contributed by atoms with van der Waals surface area (Å²) in [6.07, 6.45) is 0. The number of halogens is 1. The van der Waals surface area contributed by atoms with Crippen LogP contribution in [-0.2, 0) is 0 Å². The van der Waals surface area contributed by atoms with Crippen LogP contribution in [0.3, 0.4) is 0 Å². The molecule has 66 valence electrons. The lowest BCUT2D eigenvalue weighted by Gasteiger charge is -1.99. The number of benzene rings is 1. The zero-order chi connectivity index (χ0) is 9.42. The van der Waals surface area contributed by atoms with E-state index in [4.69, 9.17) is 16.0 Å². The molecule has 2 aromatic rings. The van der Waals surface area contributed by atoms with Gasteiger partial charge in [-0.25, -0.2) is 4.79 Å². The van der Waals surface area contributed by atoms with Gasteiger partial charge in [0.2, 0.25) is 0 Å². The lowest BCUT2D eigenvalue weighted by molar-refractivity contribution is 0.561. The Kier molecular flexibility index (Phi) is 1.85. The molecule has 1 heterocycles. The summed E-state index contributed by atoms with van der Waals surface area (Å²) in [7, 11) is 0. The lowest BCUT2D eigenvalue weighted by atomic mass is 10.2. The Bertz CT molecular complexity index is 514. The second kappa shape index (κ2) is 2.89. The first-order chi connectivity index (χ1) is 6.16. The average Bonchev–Trinajstić information content (AvgIpc) is 2.08. The average molecular weight is 195 g/mol. The number of rotatable bonds is 0. The minimum Gasteiger partial charge on any atom is -0.423 e. The van der Waals surface area contributed by atoms with Crippen LogP contribution in [0.25, 0.3) is 11.0 Å². The van der Waals surface area contributed by atoms with Crippen molar-refractivity contribution in [2.75, 3.05) is 0 Å². The SMILES string of the molecule is Cc1cc2oc(=O)ccc2cc1Cl. The Morgan fingerprint density at radius 2 is 2.08 bits per heavy atom. The number of hydrogen-bond donors (Lipinski definition) is 0. The van der Waals surface area contributed by atoms with Gasteiger partial charge in [-0.3, -0.25) is 0 Å². The van der Waals surface area contributed by atoms with Gasteiger partial charge in [0.15, 0.2) is 0 Å². The molecule has 0 aliphatic rings. The van der Waals surface area contributed by atoms with E-state index in [1.807, 2.05) is 6.92 Å². The maximum Gasteiger partial charge on any atom is 0.336 e. The highest BCUT2D eigenvalue weighted by molar-refractivity contribution is 6.32. The summed E-state index contributed by atoms with van der Waals surface area (Å²) in [6, 6.07) is 6.63. The van der Waals surface area contributed by atoms with Crippen LogP contribution >= 0.6 is 11.6 Å². The minimum absolute atomic E-state index is 0.339. The van der Waals surface area contributed by atoms with E-state index in [2.05, 4.69) is 0 Å². The normalized spacial score (nSPS) is 10.6. The highest BCUT2D eigenvalue weighted by Crippen LogP contribution is 2.21. The summed E-state index contributed by atoms with van der Waals surface area (Å²) < 4.78 is 4.98. The zero-order valence-corrected chi connectivity index (χ0v) is 7.76. The Hall–Kier alpha value is -1.28. The summed E-state index contributed by atoms with van der Waals surface area (Å²) >= 11 is 5.91. The first-order valence-electron chi connectivity index (χ1n) is 3.87. The molecule has 0 unspecified atom stereocenters. The molecule has 0 radical (unpaired) electrons. The van der Waals surface area contributed by atoms with Crippen molar-refractivity contribution in [3.63, 3.8) is 0 Å². The Labute approximate surface area is 79.7 Å². The van der Waals surface area contributed by atoms with Crippen LogP contribution in [0.15, 0.2) is 33.5 Å². The summed E-state index contributed by atoms with van der Waals surface area (Å²) in [6.45, 7) is 1.87. The first-order valence-corrected chi connectivity index (χ1v) is 4.24. The van der Waals surface area contributed by atoms with Gasteiger partial charge < -0.3 is 4.42 Å². The Morgan fingerprint density at radius 1 is 1.31 bits per heavy atom. The van der Waals surface area contributed by atoms with Gasteiger partial charge in [-0.15, -0.1) is 0 Å². The predicted molar refractivity (Wildman–Crippen MR) is 52.2 cm³/mol. The predicted octanol–water partition coefficient (Wildman–Crippen LogP) is 2.75. The largest absolute Gasteiger partial charge is 0.423 e. The quantitative estimate of drug-likeness (QED) is 0.604. The smallest absolute Gasteiger partial charge is 0.336 e. The summed E-state index contributed by atoms with van der Waals surface area (Å²) in [5.74, 6) is 0. The van der Waals surface area contributed by atoms with Crippen LogP contribution in [-0.4, -0.2) is 0 Å². The minimum atomic E-state index is -0.339.